The molecule has 2 aliphatic carbocycles. The van der Waals surface area contributed by atoms with E-state index < -0.39 is 0 Å². The summed E-state index contributed by atoms with van der Waals surface area (Å²) in [6.45, 7) is 0. The number of nitrogens with one attached hydrogen (secondary N) is 1. The Balaban J connectivity index is 2.11. The molecule has 0 amide bonds. The zero-order valence-corrected chi connectivity index (χ0v) is 11.2. The first-order chi connectivity index (χ1) is 8.20. The topological polar surface area (TPSA) is 12.0 Å². The minimum absolute atomic E-state index is 0.532. The van der Waals surface area contributed by atoms with Gasteiger partial charge < -0.3 is 5.32 Å². The number of hydrogen-bond donors (Lipinski definition) is 1. The quantitative estimate of drug-likeness (QED) is 0.764. The van der Waals surface area contributed by atoms with Gasteiger partial charge in [-0.3, -0.25) is 0 Å². The lowest BCUT2D eigenvalue weighted by atomic mass is 9.69. The van der Waals surface area contributed by atoms with Gasteiger partial charge in [-0.05, 0) is 49.1 Å². The average molecular weight is 268 g/mol. The van der Waals surface area contributed by atoms with Crippen molar-refractivity contribution >= 4 is 23.2 Å². The summed E-state index contributed by atoms with van der Waals surface area (Å²) in [6.07, 6.45) is 6.79. The normalized spacial score (nSPS) is 30.2. The van der Waals surface area contributed by atoms with Crippen LogP contribution in [-0.4, -0.2) is 13.1 Å². The molecule has 1 N–H and O–H groups in total. The van der Waals surface area contributed by atoms with Crippen molar-refractivity contribution in [1.29, 1.82) is 0 Å². The van der Waals surface area contributed by atoms with Crippen LogP contribution in [0, 0.1) is 5.92 Å². The minimum Gasteiger partial charge on any atom is -0.316 e. The number of benzene rings is 1. The molecular weight excluding hydrogens is 253 g/mol. The first kappa shape index (κ1) is 11.6. The summed E-state index contributed by atoms with van der Waals surface area (Å²) >= 11 is 12.2. The van der Waals surface area contributed by atoms with Crippen LogP contribution in [0.3, 0.4) is 0 Å². The van der Waals surface area contributed by atoms with E-state index in [2.05, 4.69) is 23.5 Å². The van der Waals surface area contributed by atoms with Crippen LogP contribution in [0.5, 0.6) is 0 Å². The second kappa shape index (κ2) is 4.31. The fourth-order valence-electron chi connectivity index (χ4n) is 3.27. The maximum atomic E-state index is 6.14. The van der Waals surface area contributed by atoms with E-state index in [1.807, 2.05) is 13.1 Å². The van der Waals surface area contributed by atoms with Crippen molar-refractivity contribution in [2.24, 2.45) is 5.92 Å². The van der Waals surface area contributed by atoms with Crippen LogP contribution in [-0.2, 0) is 6.42 Å². The molecule has 0 heterocycles. The highest BCUT2D eigenvalue weighted by atomic mass is 35.5. The van der Waals surface area contributed by atoms with Crippen molar-refractivity contribution in [2.45, 2.75) is 24.8 Å². The molecule has 3 heteroatoms. The van der Waals surface area contributed by atoms with Crippen LogP contribution in [0.1, 0.15) is 23.5 Å². The molecule has 2 bridgehead atoms. The molecular formula is C14H15Cl2N. The third-order valence-corrected chi connectivity index (χ3v) is 4.76. The van der Waals surface area contributed by atoms with E-state index in [4.69, 9.17) is 23.2 Å². The standard InChI is InChI=1S/C14H15Cl2N/c1-17-14-8-3-2-4-10(14)11-7-13(16)12(15)6-9(11)5-8/h2-3,6-8,10,14,17H,4-5H2,1H3/t8-,10+,14-/m0/s1. The Hall–Kier alpha value is -0.500. The third kappa shape index (κ3) is 1.81. The molecule has 1 aromatic rings. The molecule has 0 unspecified atom stereocenters. The summed E-state index contributed by atoms with van der Waals surface area (Å²) in [5.41, 5.74) is 2.74. The smallest absolute Gasteiger partial charge is 0.0595 e. The molecule has 0 radical (unpaired) electrons. The van der Waals surface area contributed by atoms with Crippen LogP contribution >= 0.6 is 23.2 Å². The summed E-state index contributed by atoms with van der Waals surface area (Å²) in [4.78, 5) is 0. The number of halogens is 2. The number of fused-ring (bicyclic) bond motifs is 4. The van der Waals surface area contributed by atoms with Crippen LogP contribution in [0.15, 0.2) is 24.3 Å². The van der Waals surface area contributed by atoms with Gasteiger partial charge in [0.1, 0.15) is 0 Å². The Morgan fingerprint density at radius 2 is 2.00 bits per heavy atom. The largest absolute Gasteiger partial charge is 0.316 e. The first-order valence-corrected chi connectivity index (χ1v) is 6.78. The Morgan fingerprint density at radius 3 is 2.76 bits per heavy atom. The minimum atomic E-state index is 0.532. The highest BCUT2D eigenvalue weighted by Gasteiger charge is 2.36. The number of hydrogen-bond acceptors (Lipinski definition) is 1. The lowest BCUT2D eigenvalue weighted by Gasteiger charge is -2.41. The highest BCUT2D eigenvalue weighted by Crippen LogP contribution is 2.43. The summed E-state index contributed by atoms with van der Waals surface area (Å²) in [5, 5.41) is 4.80. The first-order valence-electron chi connectivity index (χ1n) is 6.02. The Bertz CT molecular complexity index is 481. The lowest BCUT2D eigenvalue weighted by Crippen LogP contribution is -2.44. The van der Waals surface area contributed by atoms with E-state index in [1.165, 1.54) is 11.1 Å². The maximum absolute atomic E-state index is 6.14. The van der Waals surface area contributed by atoms with Crippen LogP contribution < -0.4 is 5.32 Å². The number of allylic oxidation sites excluding steroid dienone is 1. The summed E-state index contributed by atoms with van der Waals surface area (Å²) in [5.74, 6) is 1.12. The van der Waals surface area contributed by atoms with E-state index in [1.54, 1.807) is 0 Å². The predicted molar refractivity (Wildman–Crippen MR) is 73.0 cm³/mol. The lowest BCUT2D eigenvalue weighted by molar-refractivity contribution is 0.330. The van der Waals surface area contributed by atoms with Crippen molar-refractivity contribution < 1.29 is 0 Å². The second-order valence-corrected chi connectivity index (χ2v) is 5.73. The summed E-state index contributed by atoms with van der Waals surface area (Å²) < 4.78 is 0. The SMILES string of the molecule is CN[C@@H]1[C@@H]2CC=C[C@H]1Cc1cc(Cl)c(Cl)cc12. The van der Waals surface area contributed by atoms with Gasteiger partial charge in [-0.15, -0.1) is 0 Å². The van der Waals surface area contributed by atoms with Crippen molar-refractivity contribution in [2.75, 3.05) is 7.05 Å². The molecule has 3 rings (SSSR count). The summed E-state index contributed by atoms with van der Waals surface area (Å²) in [7, 11) is 2.05. The highest BCUT2D eigenvalue weighted by molar-refractivity contribution is 6.42. The molecule has 0 aromatic heterocycles. The van der Waals surface area contributed by atoms with Gasteiger partial charge in [-0.1, -0.05) is 35.4 Å². The fourth-order valence-corrected chi connectivity index (χ4v) is 3.63. The fraction of sp³-hybridized carbons (Fsp3) is 0.429. The van der Waals surface area contributed by atoms with E-state index in [0.717, 1.165) is 12.8 Å². The molecule has 0 saturated heterocycles. The van der Waals surface area contributed by atoms with Crippen LogP contribution in [0.4, 0.5) is 0 Å². The van der Waals surface area contributed by atoms with Gasteiger partial charge in [0.05, 0.1) is 10.0 Å². The van der Waals surface area contributed by atoms with E-state index in [-0.39, 0.29) is 0 Å². The Labute approximate surface area is 112 Å². The van der Waals surface area contributed by atoms with E-state index in [9.17, 15) is 0 Å². The van der Waals surface area contributed by atoms with E-state index >= 15 is 0 Å². The Kier molecular flexibility index (Phi) is 2.94. The van der Waals surface area contributed by atoms with E-state index in [0.29, 0.717) is 27.9 Å². The number of likely N-dealkylation sites (N-methyl/N-ethyl adjacent to an activating group) is 1. The molecule has 1 nitrogen and oxygen atoms in total. The van der Waals surface area contributed by atoms with Gasteiger partial charge in [0.2, 0.25) is 0 Å². The van der Waals surface area contributed by atoms with Crippen molar-refractivity contribution in [3.63, 3.8) is 0 Å². The second-order valence-electron chi connectivity index (χ2n) is 4.92. The van der Waals surface area contributed by atoms with Crippen molar-refractivity contribution in [3.05, 3.63) is 45.5 Å². The Morgan fingerprint density at radius 1 is 1.24 bits per heavy atom. The van der Waals surface area contributed by atoms with Crippen molar-refractivity contribution in [3.8, 4) is 0 Å². The molecule has 0 saturated carbocycles. The molecule has 0 aliphatic heterocycles. The maximum Gasteiger partial charge on any atom is 0.0595 e. The van der Waals surface area contributed by atoms with Crippen molar-refractivity contribution in [1.82, 2.24) is 5.32 Å². The van der Waals surface area contributed by atoms with Gasteiger partial charge in [0.15, 0.2) is 0 Å². The number of rotatable bonds is 1. The zero-order chi connectivity index (χ0) is 12.0. The molecule has 90 valence electrons. The van der Waals surface area contributed by atoms with Gasteiger partial charge >= 0.3 is 0 Å². The molecule has 2 aliphatic rings. The van der Waals surface area contributed by atoms with Crippen LogP contribution in [0.2, 0.25) is 10.0 Å². The molecule has 0 fully saturated rings. The van der Waals surface area contributed by atoms with Crippen LogP contribution in [0.25, 0.3) is 0 Å². The van der Waals surface area contributed by atoms with Gasteiger partial charge in [-0.25, -0.2) is 0 Å². The summed E-state index contributed by atoms with van der Waals surface area (Å²) in [6, 6.07) is 4.64. The van der Waals surface area contributed by atoms with Gasteiger partial charge in [0, 0.05) is 12.0 Å². The zero-order valence-electron chi connectivity index (χ0n) is 9.71. The van der Waals surface area contributed by atoms with Gasteiger partial charge in [-0.2, -0.15) is 0 Å². The molecule has 17 heavy (non-hydrogen) atoms. The third-order valence-electron chi connectivity index (χ3n) is 4.04. The predicted octanol–water partition coefficient (Wildman–Crippen LogP) is 3.80. The molecule has 0 spiro atoms. The average Bonchev–Trinajstić information content (AvgIpc) is 2.32. The van der Waals surface area contributed by atoms with Gasteiger partial charge in [0.25, 0.3) is 0 Å². The molecule has 3 atom stereocenters. The molecule has 1 aromatic carbocycles. The monoisotopic (exact) mass is 267 g/mol.